The Morgan fingerprint density at radius 1 is 1.50 bits per heavy atom. The van der Waals surface area contributed by atoms with E-state index in [1.807, 2.05) is 18.5 Å². The van der Waals surface area contributed by atoms with E-state index in [1.165, 1.54) is 5.56 Å². The SMILES string of the molecule is CC(C)(N)CCC1(c2cccnc2)COC1. The molecule has 1 aromatic heterocycles. The summed E-state index contributed by atoms with van der Waals surface area (Å²) in [6.45, 7) is 5.75. The standard InChI is InChI=1S/C13H20N2O/c1-12(2,14)5-6-13(9-16-10-13)11-4-3-7-15-8-11/h3-4,7-8H,5-6,9-10,14H2,1-2H3. The molecule has 1 saturated heterocycles. The van der Waals surface area contributed by atoms with Crippen LogP contribution in [0.3, 0.4) is 0 Å². The molecule has 0 amide bonds. The third-order valence-electron chi connectivity index (χ3n) is 3.28. The molecule has 1 aliphatic heterocycles. The Labute approximate surface area is 97.0 Å². The minimum absolute atomic E-state index is 0.106. The maximum Gasteiger partial charge on any atom is 0.0586 e. The van der Waals surface area contributed by atoms with E-state index in [9.17, 15) is 0 Å². The highest BCUT2D eigenvalue weighted by atomic mass is 16.5. The van der Waals surface area contributed by atoms with E-state index in [1.54, 1.807) is 0 Å². The zero-order valence-electron chi connectivity index (χ0n) is 10.1. The van der Waals surface area contributed by atoms with Gasteiger partial charge < -0.3 is 10.5 Å². The third-order valence-corrected chi connectivity index (χ3v) is 3.28. The number of hydrogen-bond acceptors (Lipinski definition) is 3. The molecule has 3 heteroatoms. The Morgan fingerprint density at radius 3 is 2.69 bits per heavy atom. The largest absolute Gasteiger partial charge is 0.379 e. The number of nitrogens with zero attached hydrogens (tertiary/aromatic N) is 1. The maximum atomic E-state index is 6.04. The van der Waals surface area contributed by atoms with Crippen LogP contribution in [-0.2, 0) is 10.2 Å². The maximum absolute atomic E-state index is 6.04. The van der Waals surface area contributed by atoms with Crippen molar-refractivity contribution in [3.8, 4) is 0 Å². The Kier molecular flexibility index (Phi) is 3.00. The first-order valence-electron chi connectivity index (χ1n) is 5.79. The van der Waals surface area contributed by atoms with E-state index < -0.39 is 0 Å². The van der Waals surface area contributed by atoms with Crippen LogP contribution in [-0.4, -0.2) is 23.7 Å². The van der Waals surface area contributed by atoms with Gasteiger partial charge in [-0.1, -0.05) is 6.07 Å². The quantitative estimate of drug-likeness (QED) is 0.842. The zero-order chi connectivity index (χ0) is 11.6. The average molecular weight is 220 g/mol. The molecular formula is C13H20N2O. The van der Waals surface area contributed by atoms with Crippen LogP contribution in [0, 0.1) is 0 Å². The van der Waals surface area contributed by atoms with Crippen LogP contribution in [0.2, 0.25) is 0 Å². The lowest BCUT2D eigenvalue weighted by Crippen LogP contribution is -2.48. The molecule has 2 N–H and O–H groups in total. The van der Waals surface area contributed by atoms with Crippen LogP contribution in [0.4, 0.5) is 0 Å². The van der Waals surface area contributed by atoms with Gasteiger partial charge in [-0.3, -0.25) is 4.98 Å². The molecule has 16 heavy (non-hydrogen) atoms. The minimum atomic E-state index is -0.106. The Balaban J connectivity index is 2.09. The first-order chi connectivity index (χ1) is 7.52. The number of pyridine rings is 1. The van der Waals surface area contributed by atoms with Gasteiger partial charge in [0.15, 0.2) is 0 Å². The summed E-state index contributed by atoms with van der Waals surface area (Å²) in [6.07, 6.45) is 5.84. The molecule has 0 unspecified atom stereocenters. The van der Waals surface area contributed by atoms with Gasteiger partial charge in [-0.15, -0.1) is 0 Å². The van der Waals surface area contributed by atoms with E-state index in [4.69, 9.17) is 10.5 Å². The number of rotatable bonds is 4. The van der Waals surface area contributed by atoms with Crippen molar-refractivity contribution in [3.05, 3.63) is 30.1 Å². The summed E-state index contributed by atoms with van der Waals surface area (Å²) in [6, 6.07) is 4.13. The predicted octanol–water partition coefficient (Wildman–Crippen LogP) is 1.87. The van der Waals surface area contributed by atoms with Crippen LogP contribution < -0.4 is 5.73 Å². The van der Waals surface area contributed by atoms with Gasteiger partial charge in [0.1, 0.15) is 0 Å². The monoisotopic (exact) mass is 220 g/mol. The van der Waals surface area contributed by atoms with E-state index in [-0.39, 0.29) is 11.0 Å². The van der Waals surface area contributed by atoms with Crippen LogP contribution in [0.1, 0.15) is 32.3 Å². The highest BCUT2D eigenvalue weighted by Gasteiger charge is 2.40. The number of nitrogens with two attached hydrogens (primary N) is 1. The summed E-state index contributed by atoms with van der Waals surface area (Å²) in [7, 11) is 0. The molecule has 2 heterocycles. The van der Waals surface area contributed by atoms with Crippen molar-refractivity contribution in [1.82, 2.24) is 4.98 Å². The van der Waals surface area contributed by atoms with Crippen LogP contribution in [0.5, 0.6) is 0 Å². The molecule has 0 aliphatic carbocycles. The molecule has 0 radical (unpaired) electrons. The van der Waals surface area contributed by atoms with Crippen LogP contribution >= 0.6 is 0 Å². The molecule has 0 atom stereocenters. The highest BCUT2D eigenvalue weighted by molar-refractivity contribution is 5.24. The Morgan fingerprint density at radius 2 is 2.25 bits per heavy atom. The zero-order valence-corrected chi connectivity index (χ0v) is 10.1. The van der Waals surface area contributed by atoms with Gasteiger partial charge in [-0.25, -0.2) is 0 Å². The predicted molar refractivity (Wildman–Crippen MR) is 64.2 cm³/mol. The fourth-order valence-corrected chi connectivity index (χ4v) is 2.04. The molecule has 0 aromatic carbocycles. The topological polar surface area (TPSA) is 48.1 Å². The highest BCUT2D eigenvalue weighted by Crippen LogP contribution is 2.37. The summed E-state index contributed by atoms with van der Waals surface area (Å²) in [5.74, 6) is 0. The van der Waals surface area contributed by atoms with Crippen molar-refractivity contribution in [2.75, 3.05) is 13.2 Å². The number of ether oxygens (including phenoxy) is 1. The summed E-state index contributed by atoms with van der Waals surface area (Å²) in [5.41, 5.74) is 7.38. The summed E-state index contributed by atoms with van der Waals surface area (Å²) in [4.78, 5) is 4.19. The molecule has 2 rings (SSSR count). The summed E-state index contributed by atoms with van der Waals surface area (Å²) >= 11 is 0. The van der Waals surface area contributed by atoms with Gasteiger partial charge in [0.25, 0.3) is 0 Å². The summed E-state index contributed by atoms with van der Waals surface area (Å²) in [5, 5.41) is 0. The molecule has 3 nitrogen and oxygen atoms in total. The van der Waals surface area contributed by atoms with Crippen LogP contribution in [0.15, 0.2) is 24.5 Å². The van der Waals surface area contributed by atoms with Gasteiger partial charge in [-0.05, 0) is 38.3 Å². The Hall–Kier alpha value is -0.930. The average Bonchev–Trinajstić information content (AvgIpc) is 2.16. The van der Waals surface area contributed by atoms with Crippen molar-refractivity contribution in [1.29, 1.82) is 0 Å². The van der Waals surface area contributed by atoms with Crippen molar-refractivity contribution in [3.63, 3.8) is 0 Å². The first-order valence-corrected chi connectivity index (χ1v) is 5.79. The second-order valence-corrected chi connectivity index (χ2v) is 5.50. The van der Waals surface area contributed by atoms with E-state index in [0.717, 1.165) is 26.1 Å². The van der Waals surface area contributed by atoms with Crippen molar-refractivity contribution < 1.29 is 4.74 Å². The molecule has 0 bridgehead atoms. The smallest absolute Gasteiger partial charge is 0.0586 e. The number of hydrogen-bond donors (Lipinski definition) is 1. The molecular weight excluding hydrogens is 200 g/mol. The molecule has 0 spiro atoms. The lowest BCUT2D eigenvalue weighted by molar-refractivity contribution is -0.0670. The third kappa shape index (κ3) is 2.42. The Bertz CT molecular complexity index is 339. The van der Waals surface area contributed by atoms with E-state index >= 15 is 0 Å². The van der Waals surface area contributed by atoms with Crippen LogP contribution in [0.25, 0.3) is 0 Å². The minimum Gasteiger partial charge on any atom is -0.379 e. The molecule has 0 saturated carbocycles. The lowest BCUT2D eigenvalue weighted by atomic mass is 9.73. The number of aromatic nitrogens is 1. The second-order valence-electron chi connectivity index (χ2n) is 5.50. The molecule has 1 aromatic rings. The van der Waals surface area contributed by atoms with Crippen molar-refractivity contribution >= 4 is 0 Å². The lowest BCUT2D eigenvalue weighted by Gasteiger charge is -2.43. The molecule has 1 aliphatic rings. The fraction of sp³-hybridized carbons (Fsp3) is 0.615. The normalized spacial score (nSPS) is 19.2. The van der Waals surface area contributed by atoms with Crippen molar-refractivity contribution in [2.45, 2.75) is 37.6 Å². The van der Waals surface area contributed by atoms with Gasteiger partial charge in [0, 0.05) is 23.3 Å². The molecule has 88 valence electrons. The molecule has 1 fully saturated rings. The second kappa shape index (κ2) is 4.15. The van der Waals surface area contributed by atoms with Gasteiger partial charge in [0.05, 0.1) is 13.2 Å². The summed E-state index contributed by atoms with van der Waals surface area (Å²) < 4.78 is 5.39. The van der Waals surface area contributed by atoms with Gasteiger partial charge in [-0.2, -0.15) is 0 Å². The van der Waals surface area contributed by atoms with Gasteiger partial charge in [0.2, 0.25) is 0 Å². The van der Waals surface area contributed by atoms with E-state index in [2.05, 4.69) is 24.9 Å². The van der Waals surface area contributed by atoms with E-state index in [0.29, 0.717) is 0 Å². The first kappa shape index (κ1) is 11.6. The fourth-order valence-electron chi connectivity index (χ4n) is 2.04. The van der Waals surface area contributed by atoms with Gasteiger partial charge >= 0.3 is 0 Å². The van der Waals surface area contributed by atoms with Crippen molar-refractivity contribution in [2.24, 2.45) is 5.73 Å².